The number of allylic oxidation sites excluding steroid dienone is 1. The van der Waals surface area contributed by atoms with Crippen molar-refractivity contribution in [2.45, 2.75) is 25.7 Å². The molecule has 0 saturated heterocycles. The summed E-state index contributed by atoms with van der Waals surface area (Å²) in [5.74, 6) is 2.29. The first kappa shape index (κ1) is 22.1. The van der Waals surface area contributed by atoms with Crippen LogP contribution in [0, 0.1) is 22.7 Å². The van der Waals surface area contributed by atoms with E-state index >= 15 is 0 Å². The van der Waals surface area contributed by atoms with Gasteiger partial charge in [0.15, 0.2) is 0 Å². The molecule has 9 nitrogen and oxygen atoms in total. The van der Waals surface area contributed by atoms with Crippen molar-refractivity contribution in [3.05, 3.63) is 41.6 Å². The zero-order valence-electron chi connectivity index (χ0n) is 18.8. The maximum absolute atomic E-state index is 9.52. The van der Waals surface area contributed by atoms with Crippen molar-refractivity contribution in [2.24, 2.45) is 5.92 Å². The van der Waals surface area contributed by atoms with Gasteiger partial charge in [-0.1, -0.05) is 18.9 Å². The van der Waals surface area contributed by atoms with Gasteiger partial charge < -0.3 is 31.1 Å². The summed E-state index contributed by atoms with van der Waals surface area (Å²) >= 11 is 0. The Hall–Kier alpha value is -4.06. The zero-order chi connectivity index (χ0) is 23.2. The molecule has 1 aliphatic rings. The Morgan fingerprint density at radius 3 is 2.85 bits per heavy atom. The van der Waals surface area contributed by atoms with Gasteiger partial charge in [0.1, 0.15) is 23.3 Å². The Morgan fingerprint density at radius 2 is 2.15 bits per heavy atom. The van der Waals surface area contributed by atoms with Crippen LogP contribution in [0.2, 0.25) is 0 Å². The SMILES string of the molecule is CN/C(=C\C=N)c1ccc(Nc2nc(NCC3CCCC3)c3c(C#N)c[nH]c3n2)c(OC)c1. The molecule has 0 aliphatic heterocycles. The highest BCUT2D eigenvalue weighted by atomic mass is 16.5. The topological polar surface area (TPSA) is 135 Å². The summed E-state index contributed by atoms with van der Waals surface area (Å²) in [7, 11) is 3.41. The van der Waals surface area contributed by atoms with Gasteiger partial charge in [0.2, 0.25) is 5.95 Å². The van der Waals surface area contributed by atoms with Crippen molar-refractivity contribution in [2.75, 3.05) is 31.3 Å². The number of nitriles is 1. The van der Waals surface area contributed by atoms with Crippen molar-refractivity contribution < 1.29 is 4.74 Å². The molecule has 0 bridgehead atoms. The second-order valence-electron chi connectivity index (χ2n) is 8.00. The largest absolute Gasteiger partial charge is 0.495 e. The molecule has 0 amide bonds. The van der Waals surface area contributed by atoms with Crippen molar-refractivity contribution >= 4 is 40.4 Å². The van der Waals surface area contributed by atoms with Gasteiger partial charge in [-0.15, -0.1) is 0 Å². The fraction of sp³-hybridized carbons (Fsp3) is 0.333. The second-order valence-corrected chi connectivity index (χ2v) is 8.00. The predicted octanol–water partition coefficient (Wildman–Crippen LogP) is 4.39. The molecule has 1 aliphatic carbocycles. The molecule has 0 unspecified atom stereocenters. The lowest BCUT2D eigenvalue weighted by molar-refractivity contribution is 0.416. The highest BCUT2D eigenvalue weighted by molar-refractivity contribution is 5.93. The number of hydrogen-bond acceptors (Lipinski definition) is 8. The normalized spacial score (nSPS) is 14.2. The first-order chi connectivity index (χ1) is 16.2. The molecule has 2 aromatic heterocycles. The van der Waals surface area contributed by atoms with Gasteiger partial charge in [0, 0.05) is 37.3 Å². The Balaban J connectivity index is 1.66. The van der Waals surface area contributed by atoms with Gasteiger partial charge >= 0.3 is 0 Å². The molecule has 9 heteroatoms. The third-order valence-corrected chi connectivity index (χ3v) is 5.96. The van der Waals surface area contributed by atoms with E-state index in [1.807, 2.05) is 25.2 Å². The number of nitrogens with zero attached hydrogens (tertiary/aromatic N) is 3. The standard InChI is InChI=1S/C24H28N8O/c1-27-18(9-10-25)16-7-8-19(20(11-16)33-2)30-24-31-22(28-13-15-5-3-4-6-15)21-17(12-26)14-29-23(21)32-24/h7-11,14-15,25,27H,3-6,13H2,1-2H3,(H3,28,29,30,31,32)/b18-9-,25-10?. The third-order valence-electron chi connectivity index (χ3n) is 5.96. The van der Waals surface area contributed by atoms with E-state index in [-0.39, 0.29) is 0 Å². The van der Waals surface area contributed by atoms with E-state index in [4.69, 9.17) is 15.1 Å². The second kappa shape index (κ2) is 10.0. The highest BCUT2D eigenvalue weighted by Gasteiger charge is 2.18. The van der Waals surface area contributed by atoms with Gasteiger partial charge in [0.25, 0.3) is 0 Å². The summed E-state index contributed by atoms with van der Waals surface area (Å²) in [4.78, 5) is 12.4. The summed E-state index contributed by atoms with van der Waals surface area (Å²) in [5.41, 5.74) is 3.52. The first-order valence-electron chi connectivity index (χ1n) is 11.0. The number of hydrogen-bond donors (Lipinski definition) is 5. The predicted molar refractivity (Wildman–Crippen MR) is 131 cm³/mol. The molecule has 170 valence electrons. The molecule has 33 heavy (non-hydrogen) atoms. The van der Waals surface area contributed by atoms with Crippen LogP contribution in [0.4, 0.5) is 17.5 Å². The van der Waals surface area contributed by atoms with E-state index in [2.05, 4.69) is 32.0 Å². The van der Waals surface area contributed by atoms with E-state index in [0.717, 1.165) is 17.8 Å². The van der Waals surface area contributed by atoms with Gasteiger partial charge in [0.05, 0.1) is 23.7 Å². The molecule has 0 atom stereocenters. The molecular formula is C24H28N8O. The molecular weight excluding hydrogens is 416 g/mol. The number of fused-ring (bicyclic) bond motifs is 1. The minimum atomic E-state index is 0.401. The Kier molecular flexibility index (Phi) is 6.74. The van der Waals surface area contributed by atoms with Crippen molar-refractivity contribution in [3.63, 3.8) is 0 Å². The van der Waals surface area contributed by atoms with Crippen molar-refractivity contribution in [3.8, 4) is 11.8 Å². The van der Waals surface area contributed by atoms with Crippen LogP contribution in [0.25, 0.3) is 16.7 Å². The van der Waals surface area contributed by atoms with Gasteiger partial charge in [-0.05, 0) is 37.0 Å². The van der Waals surface area contributed by atoms with Crippen molar-refractivity contribution in [1.29, 1.82) is 10.7 Å². The van der Waals surface area contributed by atoms with Crippen LogP contribution < -0.4 is 20.7 Å². The van der Waals surface area contributed by atoms with Crippen LogP contribution in [0.3, 0.4) is 0 Å². The Bertz CT molecular complexity index is 1220. The molecule has 1 fully saturated rings. The number of H-pyrrole nitrogens is 1. The maximum atomic E-state index is 9.52. The number of aromatic nitrogens is 3. The molecule has 5 N–H and O–H groups in total. The van der Waals surface area contributed by atoms with Crippen molar-refractivity contribution in [1.82, 2.24) is 20.3 Å². The van der Waals surface area contributed by atoms with Crippen LogP contribution in [-0.2, 0) is 0 Å². The number of methoxy groups -OCH3 is 1. The molecule has 4 rings (SSSR count). The van der Waals surface area contributed by atoms with E-state index < -0.39 is 0 Å². The molecule has 0 radical (unpaired) electrons. The molecule has 2 heterocycles. The van der Waals surface area contributed by atoms with Crippen LogP contribution in [-0.4, -0.2) is 41.9 Å². The van der Waals surface area contributed by atoms with Crippen LogP contribution in [0.15, 0.2) is 30.5 Å². The summed E-state index contributed by atoms with van der Waals surface area (Å²) in [6, 6.07) is 7.92. The number of ether oxygens (including phenoxy) is 1. The van der Waals surface area contributed by atoms with Gasteiger partial charge in [-0.3, -0.25) is 0 Å². The smallest absolute Gasteiger partial charge is 0.231 e. The summed E-state index contributed by atoms with van der Waals surface area (Å²) in [6.07, 6.45) is 9.55. The summed E-state index contributed by atoms with van der Waals surface area (Å²) in [5, 5.41) is 27.4. The third kappa shape index (κ3) is 4.75. The average Bonchev–Trinajstić information content (AvgIpc) is 3.51. The lowest BCUT2D eigenvalue weighted by atomic mass is 10.1. The zero-order valence-corrected chi connectivity index (χ0v) is 18.8. The van der Waals surface area contributed by atoms with Crippen LogP contribution >= 0.6 is 0 Å². The van der Waals surface area contributed by atoms with E-state index in [1.165, 1.54) is 31.9 Å². The number of aromatic amines is 1. The Labute approximate surface area is 192 Å². The summed E-state index contributed by atoms with van der Waals surface area (Å²) in [6.45, 7) is 0.825. The number of nitrogens with one attached hydrogen (secondary N) is 5. The molecule has 3 aromatic rings. The maximum Gasteiger partial charge on any atom is 0.231 e. The fourth-order valence-corrected chi connectivity index (χ4v) is 4.25. The molecule has 1 aromatic carbocycles. The van der Waals surface area contributed by atoms with E-state index in [0.29, 0.717) is 45.7 Å². The molecule has 0 spiro atoms. The fourth-order valence-electron chi connectivity index (χ4n) is 4.25. The lowest BCUT2D eigenvalue weighted by Gasteiger charge is -2.15. The number of anilines is 3. The van der Waals surface area contributed by atoms with E-state index in [9.17, 15) is 5.26 Å². The lowest BCUT2D eigenvalue weighted by Crippen LogP contribution is -2.13. The highest BCUT2D eigenvalue weighted by Crippen LogP contribution is 2.32. The first-order valence-corrected chi connectivity index (χ1v) is 11.0. The number of benzene rings is 1. The Morgan fingerprint density at radius 1 is 1.33 bits per heavy atom. The van der Waals surface area contributed by atoms with E-state index in [1.54, 1.807) is 19.4 Å². The monoisotopic (exact) mass is 444 g/mol. The number of rotatable bonds is 9. The van der Waals surface area contributed by atoms with Crippen LogP contribution in [0.5, 0.6) is 5.75 Å². The summed E-state index contributed by atoms with van der Waals surface area (Å²) < 4.78 is 5.59. The van der Waals surface area contributed by atoms with Gasteiger partial charge in [-0.25, -0.2) is 0 Å². The quantitative estimate of drug-likeness (QED) is 0.309. The van der Waals surface area contributed by atoms with Gasteiger partial charge in [-0.2, -0.15) is 15.2 Å². The average molecular weight is 445 g/mol. The molecule has 1 saturated carbocycles. The minimum Gasteiger partial charge on any atom is -0.495 e. The van der Waals surface area contributed by atoms with Crippen LogP contribution in [0.1, 0.15) is 36.8 Å². The minimum absolute atomic E-state index is 0.401.